The Labute approximate surface area is 204 Å². The van der Waals surface area contributed by atoms with Gasteiger partial charge in [0.05, 0.1) is 22.2 Å². The second kappa shape index (κ2) is 13.5. The lowest BCUT2D eigenvalue weighted by Gasteiger charge is -2.17. The molecular formula is C24H27Cl2N3O4. The molecule has 0 aliphatic carbocycles. The number of nitrogens with zero attached hydrogens (tertiary/aromatic N) is 1. The molecule has 33 heavy (non-hydrogen) atoms. The monoisotopic (exact) mass is 491 g/mol. The molecule has 0 unspecified atom stereocenters. The third-order valence-electron chi connectivity index (χ3n) is 4.68. The van der Waals surface area contributed by atoms with Gasteiger partial charge in [0.25, 0.3) is 5.69 Å². The first-order valence-corrected chi connectivity index (χ1v) is 10.8. The van der Waals surface area contributed by atoms with Crippen LogP contribution in [0, 0.1) is 10.1 Å². The molecule has 0 aliphatic rings. The van der Waals surface area contributed by atoms with Crippen molar-refractivity contribution in [3.8, 4) is 11.5 Å². The van der Waals surface area contributed by atoms with Gasteiger partial charge in [0.1, 0.15) is 6.61 Å². The lowest BCUT2D eigenvalue weighted by molar-refractivity contribution is -0.384. The number of para-hydroxylation sites is 1. The van der Waals surface area contributed by atoms with Crippen LogP contribution in [0.3, 0.4) is 0 Å². The second-order valence-electron chi connectivity index (χ2n) is 6.98. The smallest absolute Gasteiger partial charge is 0.271 e. The van der Waals surface area contributed by atoms with Crippen molar-refractivity contribution < 1.29 is 14.4 Å². The van der Waals surface area contributed by atoms with E-state index in [1.807, 2.05) is 55.5 Å². The van der Waals surface area contributed by atoms with Crippen molar-refractivity contribution >= 4 is 35.4 Å². The number of halogens is 2. The average Bonchev–Trinajstić information content (AvgIpc) is 2.80. The van der Waals surface area contributed by atoms with Gasteiger partial charge in [-0.05, 0) is 24.6 Å². The minimum Gasteiger partial charge on any atom is -0.490 e. The number of nitro groups is 1. The van der Waals surface area contributed by atoms with E-state index in [9.17, 15) is 10.1 Å². The summed E-state index contributed by atoms with van der Waals surface area (Å²) in [5.41, 5.74) is 2.71. The summed E-state index contributed by atoms with van der Waals surface area (Å²) in [4.78, 5) is 10.3. The molecular weight excluding hydrogens is 465 g/mol. The van der Waals surface area contributed by atoms with Crippen LogP contribution in [0.25, 0.3) is 0 Å². The topological polar surface area (TPSA) is 85.7 Å². The number of rotatable bonds is 12. The van der Waals surface area contributed by atoms with E-state index in [0.717, 1.165) is 22.6 Å². The molecule has 0 spiro atoms. The van der Waals surface area contributed by atoms with Gasteiger partial charge in [0, 0.05) is 37.3 Å². The summed E-state index contributed by atoms with van der Waals surface area (Å²) in [5.74, 6) is 1.45. The summed E-state index contributed by atoms with van der Waals surface area (Å²) in [6.45, 7) is 4.81. The van der Waals surface area contributed by atoms with Crippen LogP contribution < -0.4 is 20.1 Å². The standard InChI is InChI=1S/C24H26ClN3O4.ClH/c1-2-31-23-10-6-9-19(24(23)32-17-18-7-4-3-5-8-18)16-26-13-14-27-22-12-11-20(28(29)30)15-21(22)25;/h3-12,15,26-27H,2,13-14,16-17H2,1H3;1H. The van der Waals surface area contributed by atoms with Crippen LogP contribution in [-0.4, -0.2) is 24.6 Å². The largest absolute Gasteiger partial charge is 0.490 e. The van der Waals surface area contributed by atoms with E-state index in [1.165, 1.54) is 12.1 Å². The van der Waals surface area contributed by atoms with Gasteiger partial charge in [-0.15, -0.1) is 12.4 Å². The summed E-state index contributed by atoms with van der Waals surface area (Å²) in [6.07, 6.45) is 0. The summed E-state index contributed by atoms with van der Waals surface area (Å²) < 4.78 is 11.9. The zero-order valence-electron chi connectivity index (χ0n) is 18.3. The van der Waals surface area contributed by atoms with E-state index < -0.39 is 4.92 Å². The number of ether oxygens (including phenoxy) is 2. The Morgan fingerprint density at radius 2 is 1.79 bits per heavy atom. The van der Waals surface area contributed by atoms with Gasteiger partial charge in [-0.1, -0.05) is 54.1 Å². The van der Waals surface area contributed by atoms with Crippen LogP contribution in [0.5, 0.6) is 11.5 Å². The molecule has 0 saturated heterocycles. The number of hydrogen-bond acceptors (Lipinski definition) is 6. The maximum absolute atomic E-state index is 10.8. The second-order valence-corrected chi connectivity index (χ2v) is 7.38. The van der Waals surface area contributed by atoms with Crippen molar-refractivity contribution in [1.82, 2.24) is 5.32 Å². The molecule has 2 N–H and O–H groups in total. The van der Waals surface area contributed by atoms with Gasteiger partial charge in [0.2, 0.25) is 0 Å². The van der Waals surface area contributed by atoms with Gasteiger partial charge >= 0.3 is 0 Å². The highest BCUT2D eigenvalue weighted by Crippen LogP contribution is 2.32. The molecule has 0 aliphatic heterocycles. The van der Waals surface area contributed by atoms with Crippen molar-refractivity contribution in [3.63, 3.8) is 0 Å². The maximum atomic E-state index is 10.8. The molecule has 7 nitrogen and oxygen atoms in total. The quantitative estimate of drug-likeness (QED) is 0.188. The van der Waals surface area contributed by atoms with E-state index >= 15 is 0 Å². The Bertz CT molecular complexity index is 1040. The molecule has 176 valence electrons. The van der Waals surface area contributed by atoms with Crippen molar-refractivity contribution in [2.45, 2.75) is 20.1 Å². The Kier molecular flexibility index (Phi) is 10.8. The van der Waals surface area contributed by atoms with E-state index in [4.69, 9.17) is 21.1 Å². The molecule has 0 aromatic heterocycles. The molecule has 0 fully saturated rings. The van der Waals surface area contributed by atoms with Crippen molar-refractivity contribution in [2.24, 2.45) is 0 Å². The van der Waals surface area contributed by atoms with Gasteiger partial charge in [0.15, 0.2) is 11.5 Å². The predicted octanol–water partition coefficient (Wildman–Crippen LogP) is 5.85. The van der Waals surface area contributed by atoms with Crippen LogP contribution in [-0.2, 0) is 13.2 Å². The number of nitrogens with one attached hydrogen (secondary N) is 2. The molecule has 0 heterocycles. The lowest BCUT2D eigenvalue weighted by atomic mass is 10.1. The lowest BCUT2D eigenvalue weighted by Crippen LogP contribution is -2.22. The summed E-state index contributed by atoms with van der Waals surface area (Å²) in [5, 5.41) is 17.7. The molecule has 3 aromatic rings. The van der Waals surface area contributed by atoms with Crippen molar-refractivity contribution in [3.05, 3.63) is 93.0 Å². The first-order chi connectivity index (χ1) is 15.6. The fraction of sp³-hybridized carbons (Fsp3) is 0.250. The summed E-state index contributed by atoms with van der Waals surface area (Å²) in [7, 11) is 0. The van der Waals surface area contributed by atoms with Crippen molar-refractivity contribution in [1.29, 1.82) is 0 Å². The zero-order valence-corrected chi connectivity index (χ0v) is 19.8. The van der Waals surface area contributed by atoms with Crippen molar-refractivity contribution in [2.75, 3.05) is 25.0 Å². The van der Waals surface area contributed by atoms with Gasteiger partial charge in [-0.3, -0.25) is 10.1 Å². The maximum Gasteiger partial charge on any atom is 0.271 e. The Balaban J connectivity index is 0.00000385. The molecule has 0 amide bonds. The number of benzene rings is 3. The van der Waals surface area contributed by atoms with E-state index in [-0.39, 0.29) is 18.1 Å². The molecule has 3 aromatic carbocycles. The number of nitro benzene ring substituents is 1. The zero-order chi connectivity index (χ0) is 22.8. The molecule has 0 saturated carbocycles. The minimum atomic E-state index is -0.467. The molecule has 0 radical (unpaired) electrons. The predicted molar refractivity (Wildman–Crippen MR) is 134 cm³/mol. The number of hydrogen-bond donors (Lipinski definition) is 2. The highest BCUT2D eigenvalue weighted by molar-refractivity contribution is 6.33. The third kappa shape index (κ3) is 7.82. The fourth-order valence-corrected chi connectivity index (χ4v) is 3.37. The molecule has 0 atom stereocenters. The van der Waals surface area contributed by atoms with Crippen LogP contribution >= 0.6 is 24.0 Å². The number of anilines is 1. The summed E-state index contributed by atoms with van der Waals surface area (Å²) >= 11 is 6.12. The average molecular weight is 492 g/mol. The highest BCUT2D eigenvalue weighted by atomic mass is 35.5. The van der Waals surface area contributed by atoms with Crippen LogP contribution in [0.4, 0.5) is 11.4 Å². The van der Waals surface area contributed by atoms with Crippen LogP contribution in [0.2, 0.25) is 5.02 Å². The number of non-ortho nitro benzene ring substituents is 1. The molecule has 0 bridgehead atoms. The van der Waals surface area contributed by atoms with Gasteiger partial charge in [-0.25, -0.2) is 0 Å². The SMILES string of the molecule is CCOc1cccc(CNCCNc2ccc([N+](=O)[O-])cc2Cl)c1OCc1ccccc1.Cl. The van der Waals surface area contributed by atoms with Crippen LogP contribution in [0.15, 0.2) is 66.7 Å². The van der Waals surface area contributed by atoms with E-state index in [0.29, 0.717) is 43.6 Å². The third-order valence-corrected chi connectivity index (χ3v) is 5.00. The Morgan fingerprint density at radius 1 is 1.00 bits per heavy atom. The highest BCUT2D eigenvalue weighted by Gasteiger charge is 2.12. The Morgan fingerprint density at radius 3 is 2.48 bits per heavy atom. The van der Waals surface area contributed by atoms with Gasteiger partial charge < -0.3 is 20.1 Å². The van der Waals surface area contributed by atoms with E-state index in [1.54, 1.807) is 6.07 Å². The van der Waals surface area contributed by atoms with E-state index in [2.05, 4.69) is 10.6 Å². The van der Waals surface area contributed by atoms with Crippen LogP contribution in [0.1, 0.15) is 18.1 Å². The minimum absolute atomic E-state index is 0. The Hall–Kier alpha value is -3.00. The fourth-order valence-electron chi connectivity index (χ4n) is 3.13. The molecule has 9 heteroatoms. The summed E-state index contributed by atoms with van der Waals surface area (Å²) in [6, 6.07) is 20.2. The first-order valence-electron chi connectivity index (χ1n) is 10.4. The first kappa shape index (κ1) is 26.3. The molecule has 3 rings (SSSR count). The normalized spacial score (nSPS) is 10.2. The van der Waals surface area contributed by atoms with Gasteiger partial charge in [-0.2, -0.15) is 0 Å².